The summed E-state index contributed by atoms with van der Waals surface area (Å²) in [5.41, 5.74) is 4.84. The molecule has 0 saturated heterocycles. The molecule has 0 aromatic heterocycles. The van der Waals surface area contributed by atoms with E-state index in [1.807, 2.05) is 53.5 Å². The van der Waals surface area contributed by atoms with E-state index in [1.54, 1.807) is 24.3 Å². The molecule has 3 aromatic rings. The number of hydrogen-bond acceptors (Lipinski definition) is 4. The number of ether oxygens (including phenoxy) is 2. The molecule has 8 heteroatoms. The zero-order chi connectivity index (χ0) is 25.1. The number of allylic oxidation sites excluding steroid dienone is 1. The molecule has 36 heavy (non-hydrogen) atoms. The summed E-state index contributed by atoms with van der Waals surface area (Å²) in [4.78, 5) is 0. The van der Waals surface area contributed by atoms with E-state index >= 15 is 0 Å². The minimum Gasteiger partial charge on any atom is -0.435 e. The van der Waals surface area contributed by atoms with Gasteiger partial charge in [0.15, 0.2) is 0 Å². The van der Waals surface area contributed by atoms with Gasteiger partial charge >= 0.3 is 13.2 Å². The van der Waals surface area contributed by atoms with Crippen LogP contribution in [0, 0.1) is 5.92 Å². The van der Waals surface area contributed by atoms with Crippen LogP contribution in [0.25, 0.3) is 6.08 Å². The fourth-order valence-electron chi connectivity index (χ4n) is 4.92. The van der Waals surface area contributed by atoms with E-state index in [0.29, 0.717) is 0 Å². The van der Waals surface area contributed by atoms with Gasteiger partial charge in [0.25, 0.3) is 0 Å². The van der Waals surface area contributed by atoms with Crippen molar-refractivity contribution in [3.05, 3.63) is 95.6 Å². The summed E-state index contributed by atoms with van der Waals surface area (Å²) in [7, 11) is 0. The van der Waals surface area contributed by atoms with Crippen LogP contribution in [0.2, 0.25) is 0 Å². The molecule has 1 fully saturated rings. The third-order valence-corrected chi connectivity index (χ3v) is 6.42. The Hall–Kier alpha value is -3.81. The summed E-state index contributed by atoms with van der Waals surface area (Å²) in [5.74, 6) is 0.331. The average molecular weight is 497 g/mol. The first kappa shape index (κ1) is 23.9. The number of hydrogen-bond donors (Lipinski definition) is 0. The van der Waals surface area contributed by atoms with Crippen LogP contribution in [-0.4, -0.2) is 18.9 Å². The van der Waals surface area contributed by atoms with Gasteiger partial charge in [0, 0.05) is 5.92 Å². The molecule has 5 rings (SSSR count). The molecule has 2 unspecified atom stereocenters. The highest BCUT2D eigenvalue weighted by atomic mass is 19.3. The minimum absolute atomic E-state index is 0.103. The van der Waals surface area contributed by atoms with Gasteiger partial charge < -0.3 is 9.47 Å². The number of nitrogens with zero attached hydrogens (tertiary/aromatic N) is 2. The van der Waals surface area contributed by atoms with Crippen molar-refractivity contribution in [1.82, 2.24) is 0 Å². The number of para-hydroxylation sites is 1. The summed E-state index contributed by atoms with van der Waals surface area (Å²) in [6.07, 6.45) is 4.79. The maximum absolute atomic E-state index is 12.6. The average Bonchev–Trinajstić information content (AvgIpc) is 3.26. The van der Waals surface area contributed by atoms with Crippen LogP contribution in [0.5, 0.6) is 11.5 Å². The van der Waals surface area contributed by atoms with Crippen LogP contribution >= 0.6 is 0 Å². The fourth-order valence-corrected chi connectivity index (χ4v) is 4.92. The van der Waals surface area contributed by atoms with Gasteiger partial charge in [0.1, 0.15) is 11.5 Å². The normalized spacial score (nSPS) is 20.6. The molecule has 4 nitrogen and oxygen atoms in total. The second kappa shape index (κ2) is 10.4. The van der Waals surface area contributed by atoms with Crippen LogP contribution in [0.3, 0.4) is 0 Å². The zero-order valence-corrected chi connectivity index (χ0v) is 19.2. The predicted molar refractivity (Wildman–Crippen MR) is 131 cm³/mol. The summed E-state index contributed by atoms with van der Waals surface area (Å²) in [6, 6.07) is 23.0. The van der Waals surface area contributed by atoms with E-state index in [2.05, 4.69) is 9.47 Å². The lowest BCUT2D eigenvalue weighted by molar-refractivity contribution is -0.0505. The molecule has 2 atom stereocenters. The fraction of sp³-hybridized carbons (Fsp3) is 0.250. The highest BCUT2D eigenvalue weighted by molar-refractivity contribution is 6.08. The van der Waals surface area contributed by atoms with Gasteiger partial charge in [-0.3, -0.25) is 5.01 Å². The van der Waals surface area contributed by atoms with Gasteiger partial charge in [0.05, 0.1) is 17.4 Å². The van der Waals surface area contributed by atoms with E-state index in [9.17, 15) is 17.6 Å². The molecule has 1 aliphatic carbocycles. The summed E-state index contributed by atoms with van der Waals surface area (Å²) in [5, 5.41) is 7.05. The predicted octanol–water partition coefficient (Wildman–Crippen LogP) is 7.69. The number of benzene rings is 3. The van der Waals surface area contributed by atoms with Crippen molar-refractivity contribution in [2.75, 3.05) is 5.01 Å². The Labute approximate surface area is 206 Å². The number of rotatable bonds is 7. The van der Waals surface area contributed by atoms with Crippen LogP contribution in [-0.2, 0) is 0 Å². The Morgan fingerprint density at radius 1 is 0.806 bits per heavy atom. The second-order valence-corrected chi connectivity index (χ2v) is 8.67. The molecule has 3 aromatic carbocycles. The van der Waals surface area contributed by atoms with Crippen LogP contribution in [0.15, 0.2) is 89.5 Å². The second-order valence-electron chi connectivity index (χ2n) is 8.67. The van der Waals surface area contributed by atoms with E-state index in [-0.39, 0.29) is 23.5 Å². The van der Waals surface area contributed by atoms with Crippen LogP contribution in [0.4, 0.5) is 23.2 Å². The molecule has 0 spiro atoms. The Bertz CT molecular complexity index is 1230. The lowest BCUT2D eigenvalue weighted by Gasteiger charge is -2.30. The first-order chi connectivity index (χ1) is 17.5. The van der Waals surface area contributed by atoms with Crippen LogP contribution in [0.1, 0.15) is 36.4 Å². The van der Waals surface area contributed by atoms with Crippen LogP contribution < -0.4 is 14.5 Å². The van der Waals surface area contributed by atoms with Crippen molar-refractivity contribution in [2.45, 2.75) is 38.5 Å². The van der Waals surface area contributed by atoms with Crippen molar-refractivity contribution in [2.24, 2.45) is 11.0 Å². The quantitative estimate of drug-likeness (QED) is 0.315. The molecule has 186 valence electrons. The van der Waals surface area contributed by atoms with Crippen molar-refractivity contribution >= 4 is 17.5 Å². The van der Waals surface area contributed by atoms with Gasteiger partial charge in [-0.2, -0.15) is 22.7 Å². The Balaban J connectivity index is 1.48. The van der Waals surface area contributed by atoms with Crippen molar-refractivity contribution in [1.29, 1.82) is 0 Å². The third kappa shape index (κ3) is 5.22. The molecule has 1 saturated carbocycles. The highest BCUT2D eigenvalue weighted by Gasteiger charge is 2.41. The first-order valence-electron chi connectivity index (χ1n) is 11.7. The van der Waals surface area contributed by atoms with E-state index in [4.69, 9.17) is 5.10 Å². The van der Waals surface area contributed by atoms with E-state index < -0.39 is 13.2 Å². The lowest BCUT2D eigenvalue weighted by Crippen LogP contribution is -2.28. The largest absolute Gasteiger partial charge is 0.435 e. The zero-order valence-electron chi connectivity index (χ0n) is 19.2. The number of anilines is 1. The number of hydrazone groups is 1. The molecule has 1 heterocycles. The Kier molecular flexibility index (Phi) is 6.93. The van der Waals surface area contributed by atoms with E-state index in [0.717, 1.165) is 47.4 Å². The Morgan fingerprint density at radius 2 is 1.42 bits per heavy atom. The van der Waals surface area contributed by atoms with Gasteiger partial charge in [-0.05, 0) is 78.4 Å². The van der Waals surface area contributed by atoms with Crippen molar-refractivity contribution in [3.8, 4) is 11.5 Å². The molecule has 2 aliphatic rings. The topological polar surface area (TPSA) is 34.1 Å². The van der Waals surface area contributed by atoms with Crippen molar-refractivity contribution in [3.63, 3.8) is 0 Å². The summed E-state index contributed by atoms with van der Waals surface area (Å²) >= 11 is 0. The van der Waals surface area contributed by atoms with Crippen molar-refractivity contribution < 1.29 is 27.0 Å². The maximum Gasteiger partial charge on any atom is 0.387 e. The van der Waals surface area contributed by atoms with Gasteiger partial charge in [-0.1, -0.05) is 42.5 Å². The minimum atomic E-state index is -2.87. The third-order valence-electron chi connectivity index (χ3n) is 6.42. The molecule has 0 radical (unpaired) electrons. The molecular formula is C28H24F4N2O2. The van der Waals surface area contributed by atoms with Gasteiger partial charge in [0.2, 0.25) is 0 Å². The molecular weight excluding hydrogens is 472 g/mol. The Morgan fingerprint density at radius 3 is 2.03 bits per heavy atom. The number of fused-ring (bicyclic) bond motifs is 1. The SMILES string of the molecule is FC(F)Oc1ccc(C=C2CCCC3C2=NN(c2ccccc2)C3c2ccc(OC(F)F)cc2)cc1. The van der Waals surface area contributed by atoms with E-state index in [1.165, 1.54) is 12.1 Å². The molecule has 0 amide bonds. The molecule has 0 bridgehead atoms. The number of halogens is 4. The maximum atomic E-state index is 12.6. The van der Waals surface area contributed by atoms with Gasteiger partial charge in [-0.15, -0.1) is 0 Å². The van der Waals surface area contributed by atoms with Gasteiger partial charge in [-0.25, -0.2) is 0 Å². The summed E-state index contributed by atoms with van der Waals surface area (Å²) in [6.45, 7) is -5.74. The summed E-state index contributed by atoms with van der Waals surface area (Å²) < 4.78 is 59.2. The highest BCUT2D eigenvalue weighted by Crippen LogP contribution is 2.46. The lowest BCUT2D eigenvalue weighted by atomic mass is 9.77. The number of alkyl halides is 4. The molecule has 0 N–H and O–H groups in total. The molecule has 1 aliphatic heterocycles. The standard InChI is InChI=1S/C28H24F4N2O2/c29-27(30)35-22-13-9-18(10-14-22)17-20-5-4-8-24-25(20)33-34(21-6-2-1-3-7-21)26(24)19-11-15-23(16-12-19)36-28(31)32/h1-3,6-7,9-17,24,26-28H,4-5,8H2. The first-order valence-corrected chi connectivity index (χ1v) is 11.7. The smallest absolute Gasteiger partial charge is 0.387 e. The monoisotopic (exact) mass is 496 g/mol.